The Kier molecular flexibility index (Phi) is 5.42. The third kappa shape index (κ3) is 3.34. The molecule has 2 aliphatic rings. The molecular formula is C15H28O5. The van der Waals surface area contributed by atoms with Gasteiger partial charge in [-0.25, -0.2) is 0 Å². The summed E-state index contributed by atoms with van der Waals surface area (Å²) >= 11 is 0. The maximum absolute atomic E-state index is 9.97. The van der Waals surface area contributed by atoms with Gasteiger partial charge in [0.15, 0.2) is 6.29 Å². The number of hydrogen-bond donors (Lipinski definition) is 3. The molecule has 0 amide bonds. The summed E-state index contributed by atoms with van der Waals surface area (Å²) in [5.41, 5.74) is 0. The summed E-state index contributed by atoms with van der Waals surface area (Å²) in [5, 5.41) is 28.8. The van der Waals surface area contributed by atoms with E-state index in [1.807, 2.05) is 0 Å². The number of ether oxygens (including phenoxy) is 2. The summed E-state index contributed by atoms with van der Waals surface area (Å²) in [6.45, 7) is 6.28. The minimum Gasteiger partial charge on any atom is -0.394 e. The Bertz CT molecular complexity index is 309. The van der Waals surface area contributed by atoms with Gasteiger partial charge < -0.3 is 24.8 Å². The maximum Gasteiger partial charge on any atom is 0.186 e. The zero-order valence-corrected chi connectivity index (χ0v) is 12.6. The van der Waals surface area contributed by atoms with Crippen LogP contribution in [0.2, 0.25) is 0 Å². The molecule has 3 N–H and O–H groups in total. The third-order valence-corrected chi connectivity index (χ3v) is 4.77. The van der Waals surface area contributed by atoms with Gasteiger partial charge in [-0.3, -0.25) is 0 Å². The SMILES string of the molecule is CC1CCC(C(C)C)C(OC2O[C@H](CO)[C@@H](O)[C@@H]2O)C1. The lowest BCUT2D eigenvalue weighted by molar-refractivity contribution is -0.214. The second-order valence-corrected chi connectivity index (χ2v) is 6.71. The van der Waals surface area contributed by atoms with E-state index in [9.17, 15) is 10.2 Å². The van der Waals surface area contributed by atoms with Crippen LogP contribution < -0.4 is 0 Å². The van der Waals surface area contributed by atoms with E-state index in [2.05, 4.69) is 20.8 Å². The molecule has 0 radical (unpaired) electrons. The topological polar surface area (TPSA) is 79.2 Å². The molecule has 0 aromatic rings. The van der Waals surface area contributed by atoms with E-state index in [0.717, 1.165) is 12.8 Å². The highest BCUT2D eigenvalue weighted by Crippen LogP contribution is 2.37. The Balaban J connectivity index is 1.99. The van der Waals surface area contributed by atoms with Crippen LogP contribution in [-0.4, -0.2) is 52.6 Å². The summed E-state index contributed by atoms with van der Waals surface area (Å²) in [7, 11) is 0. The van der Waals surface area contributed by atoms with Crippen molar-refractivity contribution in [1.82, 2.24) is 0 Å². The minimum atomic E-state index is -1.09. The van der Waals surface area contributed by atoms with Crippen molar-refractivity contribution < 1.29 is 24.8 Å². The highest BCUT2D eigenvalue weighted by Gasteiger charge is 2.45. The van der Waals surface area contributed by atoms with Crippen LogP contribution in [0.5, 0.6) is 0 Å². The predicted molar refractivity (Wildman–Crippen MR) is 74.0 cm³/mol. The Labute approximate surface area is 120 Å². The van der Waals surface area contributed by atoms with Crippen LogP contribution >= 0.6 is 0 Å². The molecule has 0 aromatic carbocycles. The fraction of sp³-hybridized carbons (Fsp3) is 1.00. The van der Waals surface area contributed by atoms with E-state index in [1.165, 1.54) is 6.42 Å². The van der Waals surface area contributed by atoms with Crippen molar-refractivity contribution in [3.8, 4) is 0 Å². The van der Waals surface area contributed by atoms with Crippen LogP contribution in [0.3, 0.4) is 0 Å². The van der Waals surface area contributed by atoms with Gasteiger partial charge in [0, 0.05) is 0 Å². The van der Waals surface area contributed by atoms with E-state index in [-0.39, 0.29) is 12.7 Å². The average Bonchev–Trinajstić information content (AvgIpc) is 2.66. The molecule has 1 aliphatic carbocycles. The van der Waals surface area contributed by atoms with Crippen LogP contribution in [-0.2, 0) is 9.47 Å². The summed E-state index contributed by atoms with van der Waals surface area (Å²) in [6, 6.07) is 0. The Morgan fingerprint density at radius 1 is 1.20 bits per heavy atom. The van der Waals surface area contributed by atoms with E-state index >= 15 is 0 Å². The van der Waals surface area contributed by atoms with Gasteiger partial charge in [0.05, 0.1) is 12.7 Å². The second kappa shape index (κ2) is 6.71. The molecule has 0 bridgehead atoms. The fourth-order valence-corrected chi connectivity index (χ4v) is 3.42. The molecule has 1 aliphatic heterocycles. The molecule has 118 valence electrons. The van der Waals surface area contributed by atoms with Crippen LogP contribution in [0, 0.1) is 17.8 Å². The standard InChI is InChI=1S/C15H28O5/c1-8(2)10-5-4-9(3)6-11(10)19-15-14(18)13(17)12(7-16)20-15/h8-18H,4-7H2,1-3H3/t9?,10?,11?,12-,13-,14+,15?/m1/s1. The Morgan fingerprint density at radius 3 is 2.45 bits per heavy atom. The van der Waals surface area contributed by atoms with Crippen molar-refractivity contribution >= 4 is 0 Å². The van der Waals surface area contributed by atoms with Gasteiger partial charge in [0.2, 0.25) is 0 Å². The van der Waals surface area contributed by atoms with Gasteiger partial charge in [-0.15, -0.1) is 0 Å². The molecule has 1 saturated carbocycles. The van der Waals surface area contributed by atoms with Gasteiger partial charge in [0.25, 0.3) is 0 Å². The molecule has 7 atom stereocenters. The van der Waals surface area contributed by atoms with Crippen LogP contribution in [0.1, 0.15) is 40.0 Å². The number of rotatable bonds is 4. The molecule has 5 heteroatoms. The lowest BCUT2D eigenvalue weighted by atomic mass is 9.75. The molecule has 0 spiro atoms. The molecule has 2 rings (SSSR count). The van der Waals surface area contributed by atoms with Crippen molar-refractivity contribution in [3.63, 3.8) is 0 Å². The Hall–Kier alpha value is -0.200. The van der Waals surface area contributed by atoms with Gasteiger partial charge in [-0.1, -0.05) is 27.2 Å². The zero-order valence-electron chi connectivity index (χ0n) is 12.6. The van der Waals surface area contributed by atoms with E-state index < -0.39 is 24.6 Å². The smallest absolute Gasteiger partial charge is 0.186 e. The number of hydrogen-bond acceptors (Lipinski definition) is 5. The van der Waals surface area contributed by atoms with Crippen LogP contribution in [0.25, 0.3) is 0 Å². The summed E-state index contributed by atoms with van der Waals surface area (Å²) in [4.78, 5) is 0. The van der Waals surface area contributed by atoms with Crippen molar-refractivity contribution in [1.29, 1.82) is 0 Å². The molecule has 2 fully saturated rings. The first-order valence-corrected chi connectivity index (χ1v) is 7.72. The predicted octanol–water partition coefficient (Wildman–Crippen LogP) is 0.903. The average molecular weight is 288 g/mol. The number of aliphatic hydroxyl groups is 3. The molecule has 4 unspecified atom stereocenters. The van der Waals surface area contributed by atoms with Crippen molar-refractivity contribution in [2.75, 3.05) is 6.61 Å². The van der Waals surface area contributed by atoms with Crippen molar-refractivity contribution in [3.05, 3.63) is 0 Å². The number of aliphatic hydroxyl groups excluding tert-OH is 3. The van der Waals surface area contributed by atoms with Crippen molar-refractivity contribution in [2.45, 2.75) is 70.7 Å². The van der Waals surface area contributed by atoms with Gasteiger partial charge in [-0.2, -0.15) is 0 Å². The second-order valence-electron chi connectivity index (χ2n) is 6.71. The highest BCUT2D eigenvalue weighted by atomic mass is 16.7. The first kappa shape index (κ1) is 16.2. The molecule has 1 heterocycles. The zero-order chi connectivity index (χ0) is 14.9. The van der Waals surface area contributed by atoms with Gasteiger partial charge >= 0.3 is 0 Å². The monoisotopic (exact) mass is 288 g/mol. The van der Waals surface area contributed by atoms with E-state index in [4.69, 9.17) is 14.6 Å². The largest absolute Gasteiger partial charge is 0.394 e. The maximum atomic E-state index is 9.97. The van der Waals surface area contributed by atoms with Gasteiger partial charge in [0.1, 0.15) is 18.3 Å². The van der Waals surface area contributed by atoms with Crippen molar-refractivity contribution in [2.24, 2.45) is 17.8 Å². The lowest BCUT2D eigenvalue weighted by Gasteiger charge is -2.38. The molecular weight excluding hydrogens is 260 g/mol. The fourth-order valence-electron chi connectivity index (χ4n) is 3.42. The Morgan fingerprint density at radius 2 is 1.90 bits per heavy atom. The van der Waals surface area contributed by atoms with E-state index in [0.29, 0.717) is 17.8 Å². The minimum absolute atomic E-state index is 0.0445. The highest BCUT2D eigenvalue weighted by molar-refractivity contribution is 4.88. The molecule has 0 aromatic heterocycles. The molecule has 5 nitrogen and oxygen atoms in total. The first-order chi connectivity index (χ1) is 9.43. The molecule has 20 heavy (non-hydrogen) atoms. The quantitative estimate of drug-likeness (QED) is 0.716. The summed E-state index contributed by atoms with van der Waals surface area (Å²) in [5.74, 6) is 1.57. The summed E-state index contributed by atoms with van der Waals surface area (Å²) < 4.78 is 11.4. The van der Waals surface area contributed by atoms with E-state index in [1.54, 1.807) is 0 Å². The normalized spacial score (nSPS) is 46.0. The summed E-state index contributed by atoms with van der Waals surface area (Å²) in [6.07, 6.45) is -0.428. The molecule has 1 saturated heterocycles. The lowest BCUT2D eigenvalue weighted by Crippen LogP contribution is -2.41. The van der Waals surface area contributed by atoms with Gasteiger partial charge in [-0.05, 0) is 30.6 Å². The van der Waals surface area contributed by atoms with Crippen LogP contribution in [0.4, 0.5) is 0 Å². The first-order valence-electron chi connectivity index (χ1n) is 7.72. The third-order valence-electron chi connectivity index (χ3n) is 4.77. The van der Waals surface area contributed by atoms with Crippen LogP contribution in [0.15, 0.2) is 0 Å².